The Hall–Kier alpha value is 0.0869. The van der Waals surface area contributed by atoms with Gasteiger partial charge in [-0.15, -0.1) is 11.3 Å². The summed E-state index contributed by atoms with van der Waals surface area (Å²) in [7, 11) is -1.77. The minimum atomic E-state index is -1.77. The zero-order valence-corrected chi connectivity index (χ0v) is 18.5. The molecule has 2 rings (SSSR count). The van der Waals surface area contributed by atoms with Crippen molar-refractivity contribution in [1.82, 2.24) is 0 Å². The van der Waals surface area contributed by atoms with Crippen molar-refractivity contribution in [3.63, 3.8) is 0 Å². The van der Waals surface area contributed by atoms with Crippen molar-refractivity contribution >= 4 is 47.8 Å². The van der Waals surface area contributed by atoms with Gasteiger partial charge in [-0.1, -0.05) is 39.0 Å². The molecular weight excluding hydrogens is 419 g/mol. The van der Waals surface area contributed by atoms with Gasteiger partial charge in [0.2, 0.25) is 0 Å². The van der Waals surface area contributed by atoms with E-state index in [-0.39, 0.29) is 11.1 Å². The quantitative estimate of drug-likeness (QED) is 0.278. The van der Waals surface area contributed by atoms with Crippen LogP contribution < -0.4 is 0 Å². The molecule has 0 saturated heterocycles. The second kappa shape index (κ2) is 6.53. The molecule has 1 aliphatic rings. The van der Waals surface area contributed by atoms with Gasteiger partial charge in [-0.3, -0.25) is 0 Å². The highest BCUT2D eigenvalue weighted by molar-refractivity contribution is 14.1. The largest absolute Gasteiger partial charge is 0.413 e. The first-order valence-electron chi connectivity index (χ1n) is 7.80. The fraction of sp³-hybridized carbons (Fsp3) is 0.556. The first kappa shape index (κ1) is 18.4. The minimum Gasteiger partial charge on any atom is -0.413 e. The smallest absolute Gasteiger partial charge is 0.192 e. The minimum absolute atomic E-state index is 0.240. The highest BCUT2D eigenvalue weighted by Gasteiger charge is 2.44. The van der Waals surface area contributed by atoms with Gasteiger partial charge in [-0.05, 0) is 68.2 Å². The third kappa shape index (κ3) is 3.60. The summed E-state index contributed by atoms with van der Waals surface area (Å²) in [6.45, 7) is 18.0. The third-order valence-corrected chi connectivity index (χ3v) is 11.4. The molecule has 1 aliphatic carbocycles. The lowest BCUT2D eigenvalue weighted by molar-refractivity contribution is 0.166. The highest BCUT2D eigenvalue weighted by atomic mass is 127. The molecule has 0 saturated carbocycles. The van der Waals surface area contributed by atoms with Gasteiger partial charge in [0, 0.05) is 17.2 Å². The van der Waals surface area contributed by atoms with E-state index in [4.69, 9.17) is 4.43 Å². The highest BCUT2D eigenvalue weighted by Crippen LogP contribution is 2.50. The van der Waals surface area contributed by atoms with Gasteiger partial charge in [0.1, 0.15) is 0 Å². The fourth-order valence-electron chi connectivity index (χ4n) is 2.71. The lowest BCUT2D eigenvalue weighted by Gasteiger charge is -2.40. The van der Waals surface area contributed by atoms with Crippen LogP contribution in [0.1, 0.15) is 39.0 Å². The van der Waals surface area contributed by atoms with Crippen LogP contribution in [0.15, 0.2) is 33.2 Å². The van der Waals surface area contributed by atoms with Gasteiger partial charge in [-0.2, -0.15) is 0 Å². The molecule has 0 N–H and O–H groups in total. The van der Waals surface area contributed by atoms with Crippen LogP contribution in [0.3, 0.4) is 0 Å². The van der Waals surface area contributed by atoms with Crippen LogP contribution >= 0.6 is 33.9 Å². The maximum Gasteiger partial charge on any atom is 0.192 e. The van der Waals surface area contributed by atoms with Gasteiger partial charge in [0.15, 0.2) is 8.32 Å². The number of thiophene rings is 1. The van der Waals surface area contributed by atoms with Crippen LogP contribution in [0.2, 0.25) is 18.1 Å². The molecule has 1 heterocycles. The van der Waals surface area contributed by atoms with Gasteiger partial charge >= 0.3 is 0 Å². The van der Waals surface area contributed by atoms with Crippen LogP contribution in [-0.2, 0) is 4.43 Å². The van der Waals surface area contributed by atoms with Crippen LogP contribution in [0.5, 0.6) is 0 Å². The molecule has 0 bridgehead atoms. The summed E-state index contributed by atoms with van der Waals surface area (Å²) in [5.41, 5.74) is 2.67. The molecule has 0 radical (unpaired) electrons. The number of rotatable bonds is 4. The Morgan fingerprint density at radius 3 is 2.50 bits per heavy atom. The molecule has 1 aromatic rings. The summed E-state index contributed by atoms with van der Waals surface area (Å²) in [4.78, 5) is 1.37. The molecule has 0 unspecified atom stereocenters. The summed E-state index contributed by atoms with van der Waals surface area (Å²) < 4.78 is 8.21. The van der Waals surface area contributed by atoms with E-state index >= 15 is 0 Å². The van der Waals surface area contributed by atoms with E-state index in [0.29, 0.717) is 5.92 Å². The van der Waals surface area contributed by atoms with Crippen molar-refractivity contribution in [1.29, 1.82) is 0 Å². The van der Waals surface area contributed by atoms with Crippen molar-refractivity contribution < 1.29 is 4.43 Å². The second-order valence-electron chi connectivity index (χ2n) is 7.74. The average molecular weight is 446 g/mol. The van der Waals surface area contributed by atoms with Crippen molar-refractivity contribution in [3.8, 4) is 0 Å². The molecule has 22 heavy (non-hydrogen) atoms. The van der Waals surface area contributed by atoms with Crippen molar-refractivity contribution in [2.45, 2.75) is 58.4 Å². The average Bonchev–Trinajstić information content (AvgIpc) is 2.94. The van der Waals surface area contributed by atoms with E-state index in [2.05, 4.69) is 87.5 Å². The first-order valence-corrected chi connectivity index (χ1v) is 12.7. The first-order chi connectivity index (χ1) is 10.0. The summed E-state index contributed by atoms with van der Waals surface area (Å²) in [6, 6.07) is 4.36. The lowest BCUT2D eigenvalue weighted by atomic mass is 9.92. The predicted octanol–water partition coefficient (Wildman–Crippen LogP) is 6.88. The molecule has 0 amide bonds. The summed E-state index contributed by atoms with van der Waals surface area (Å²) >= 11 is 4.33. The van der Waals surface area contributed by atoms with Crippen molar-refractivity contribution in [2.75, 3.05) is 0 Å². The Morgan fingerprint density at radius 2 is 2.05 bits per heavy atom. The van der Waals surface area contributed by atoms with Crippen LogP contribution in [0.4, 0.5) is 0 Å². The normalized spacial score (nSPS) is 23.2. The van der Waals surface area contributed by atoms with E-state index in [0.717, 1.165) is 6.42 Å². The Kier molecular flexibility index (Phi) is 5.47. The summed E-state index contributed by atoms with van der Waals surface area (Å²) in [5.74, 6) is 0.333. The van der Waals surface area contributed by atoms with E-state index in [1.54, 1.807) is 0 Å². The molecule has 2 atom stereocenters. The molecule has 0 aliphatic heterocycles. The Bertz CT molecular complexity index is 581. The SMILES string of the molecule is C=C(C)[C@@H]1C(c2cccs2)=C(I)C[C@H]1O[Si](C)(C)C(C)(C)C. The number of hydrogen-bond donors (Lipinski definition) is 0. The molecule has 1 nitrogen and oxygen atoms in total. The van der Waals surface area contributed by atoms with Gasteiger partial charge in [0.05, 0.1) is 6.10 Å². The van der Waals surface area contributed by atoms with Crippen molar-refractivity contribution in [2.24, 2.45) is 5.92 Å². The van der Waals surface area contributed by atoms with E-state index in [9.17, 15) is 0 Å². The van der Waals surface area contributed by atoms with Crippen LogP contribution in [0.25, 0.3) is 5.57 Å². The fourth-order valence-corrected chi connectivity index (χ4v) is 6.12. The molecule has 4 heteroatoms. The molecule has 122 valence electrons. The number of halogens is 1. The van der Waals surface area contributed by atoms with E-state index in [1.165, 1.54) is 19.6 Å². The van der Waals surface area contributed by atoms with Crippen LogP contribution in [-0.4, -0.2) is 14.4 Å². The zero-order chi connectivity index (χ0) is 16.7. The number of hydrogen-bond acceptors (Lipinski definition) is 2. The van der Waals surface area contributed by atoms with E-state index in [1.807, 2.05) is 11.3 Å². The zero-order valence-electron chi connectivity index (χ0n) is 14.5. The van der Waals surface area contributed by atoms with Crippen molar-refractivity contribution in [3.05, 3.63) is 38.1 Å². The Morgan fingerprint density at radius 1 is 1.41 bits per heavy atom. The van der Waals surface area contributed by atoms with Crippen LogP contribution in [0, 0.1) is 5.92 Å². The lowest BCUT2D eigenvalue weighted by Crippen LogP contribution is -2.45. The third-order valence-electron chi connectivity index (χ3n) is 4.93. The van der Waals surface area contributed by atoms with E-state index < -0.39 is 8.32 Å². The molecule has 0 aromatic carbocycles. The monoisotopic (exact) mass is 446 g/mol. The Labute approximate surface area is 154 Å². The molecular formula is C18H27IOSSi. The van der Waals surface area contributed by atoms with Gasteiger partial charge in [0.25, 0.3) is 0 Å². The summed E-state index contributed by atoms with van der Waals surface area (Å²) in [6.07, 6.45) is 1.28. The second-order valence-corrected chi connectivity index (χ2v) is 14.7. The molecule has 1 aromatic heterocycles. The maximum absolute atomic E-state index is 6.77. The molecule has 0 fully saturated rings. The Balaban J connectivity index is 2.32. The van der Waals surface area contributed by atoms with Gasteiger partial charge in [-0.25, -0.2) is 0 Å². The standard InChI is InChI=1S/C18H27IOSSi/c1-12(2)16-14(20-22(6,7)18(3,4)5)11-13(19)17(16)15-9-8-10-21-15/h8-10,14,16H,1,11H2,2-7H3/t14-,16+/m1/s1. The molecule has 0 spiro atoms. The maximum atomic E-state index is 6.77. The topological polar surface area (TPSA) is 9.23 Å². The summed E-state index contributed by atoms with van der Waals surface area (Å²) in [5, 5.41) is 2.40. The predicted molar refractivity (Wildman–Crippen MR) is 110 cm³/mol. The van der Waals surface area contributed by atoms with Gasteiger partial charge < -0.3 is 4.43 Å².